The number of ether oxygens (including phenoxy) is 3. The molecule has 4 fully saturated rings. The predicted octanol–water partition coefficient (Wildman–Crippen LogP) is 7.71. The zero-order valence-corrected chi connectivity index (χ0v) is 37.4. The maximum Gasteiger partial charge on any atom is 0.410 e. The number of fused-ring (bicyclic) bond motifs is 3. The molecule has 3 aliphatic heterocycles. The molecule has 5 aliphatic rings. The van der Waals surface area contributed by atoms with Gasteiger partial charge in [0.25, 0.3) is 0 Å². The molecular formula is C50H57N8O7+. The molecule has 2 aliphatic carbocycles. The van der Waals surface area contributed by atoms with Gasteiger partial charge in [-0.1, -0.05) is 62.4 Å². The van der Waals surface area contributed by atoms with Gasteiger partial charge in [0.2, 0.25) is 11.9 Å². The SMILES string of the molecule is COC(=O)NC(C(=O)[N+]1=C2CCC(C2)C1c1ncc(-c2ccc(-c3ccc4cc(-c5cnc(C6CC7(CC7)CN6C(=O)C(NC(=O)OC)C6CCOCC6)[nH]5)ccc4c3)cc2)[nH]1)C(C)C. The van der Waals surface area contributed by atoms with Gasteiger partial charge in [0.1, 0.15) is 11.9 Å². The fraction of sp³-hybridized carbons (Fsp3) is 0.460. The smallest absolute Gasteiger partial charge is 0.410 e. The average molecular weight is 882 g/mol. The first-order valence-electron chi connectivity index (χ1n) is 23.0. The molecule has 15 nitrogen and oxygen atoms in total. The van der Waals surface area contributed by atoms with Crippen LogP contribution < -0.4 is 10.6 Å². The third kappa shape index (κ3) is 8.19. The van der Waals surface area contributed by atoms with Crippen molar-refractivity contribution < 1.29 is 38.0 Å². The number of carbonyl (C=O) groups is 4. The number of nitrogens with zero attached hydrogens (tertiary/aromatic N) is 4. The Morgan fingerprint density at radius 3 is 2.11 bits per heavy atom. The number of benzene rings is 3. The van der Waals surface area contributed by atoms with E-state index in [1.54, 1.807) is 0 Å². The number of rotatable bonds is 11. The summed E-state index contributed by atoms with van der Waals surface area (Å²) in [5, 5.41) is 7.83. The van der Waals surface area contributed by atoms with Gasteiger partial charge in [-0.3, -0.25) is 4.79 Å². The number of aromatic nitrogens is 4. The fourth-order valence-corrected chi connectivity index (χ4v) is 10.8. The van der Waals surface area contributed by atoms with E-state index in [9.17, 15) is 19.2 Å². The topological polar surface area (TPSA) is 184 Å². The highest BCUT2D eigenvalue weighted by Gasteiger charge is 2.56. The Kier molecular flexibility index (Phi) is 11.3. The lowest BCUT2D eigenvalue weighted by molar-refractivity contribution is -0.502. The normalized spacial score (nSPS) is 22.1. The molecule has 15 heteroatoms. The summed E-state index contributed by atoms with van der Waals surface area (Å²) in [6.45, 7) is 5.63. The first kappa shape index (κ1) is 42.6. The first-order valence-corrected chi connectivity index (χ1v) is 23.0. The molecule has 5 heterocycles. The van der Waals surface area contributed by atoms with Crippen molar-refractivity contribution in [3.63, 3.8) is 0 Å². The highest BCUT2D eigenvalue weighted by molar-refractivity contribution is 5.92. The average Bonchev–Trinajstić information content (AvgIpc) is 3.97. The van der Waals surface area contributed by atoms with Crippen molar-refractivity contribution in [2.45, 2.75) is 89.4 Å². The number of alkyl carbamates (subject to hydrolysis) is 2. The lowest BCUT2D eigenvalue weighted by Gasteiger charge is -2.34. The minimum atomic E-state index is -0.704. The molecule has 2 saturated carbocycles. The van der Waals surface area contributed by atoms with Crippen molar-refractivity contribution in [3.05, 3.63) is 84.7 Å². The van der Waals surface area contributed by atoms with E-state index in [0.29, 0.717) is 32.6 Å². The number of hydrogen-bond acceptors (Lipinski definition) is 9. The van der Waals surface area contributed by atoms with Crippen LogP contribution in [0.1, 0.15) is 88.9 Å². The van der Waals surface area contributed by atoms with Crippen LogP contribution in [0.4, 0.5) is 9.59 Å². The van der Waals surface area contributed by atoms with Crippen molar-refractivity contribution in [1.82, 2.24) is 35.5 Å². The van der Waals surface area contributed by atoms with E-state index >= 15 is 0 Å². The van der Waals surface area contributed by atoms with Crippen molar-refractivity contribution >= 4 is 40.5 Å². The van der Waals surface area contributed by atoms with Crippen molar-refractivity contribution in [3.8, 4) is 33.6 Å². The highest BCUT2D eigenvalue weighted by Crippen LogP contribution is 2.58. The maximum absolute atomic E-state index is 14.3. The number of methoxy groups -OCH3 is 2. The first-order chi connectivity index (χ1) is 31.5. The Balaban J connectivity index is 0.835. The van der Waals surface area contributed by atoms with Gasteiger partial charge in [-0.05, 0) is 95.4 Å². The molecule has 2 aromatic heterocycles. The zero-order chi connectivity index (χ0) is 45.0. The molecule has 5 unspecified atom stereocenters. The lowest BCUT2D eigenvalue weighted by Crippen LogP contribution is -2.53. The van der Waals surface area contributed by atoms with Crippen LogP contribution in [0.25, 0.3) is 44.4 Å². The van der Waals surface area contributed by atoms with E-state index in [4.69, 9.17) is 24.2 Å². The van der Waals surface area contributed by atoms with Gasteiger partial charge in [-0.2, -0.15) is 4.58 Å². The summed E-state index contributed by atoms with van der Waals surface area (Å²) in [5.41, 5.74) is 7.15. The van der Waals surface area contributed by atoms with Gasteiger partial charge in [0.15, 0.2) is 17.6 Å². The molecule has 5 aromatic rings. The summed E-state index contributed by atoms with van der Waals surface area (Å²) >= 11 is 0. The largest absolute Gasteiger partial charge is 0.453 e. The van der Waals surface area contributed by atoms with Crippen molar-refractivity contribution in [2.24, 2.45) is 23.2 Å². The van der Waals surface area contributed by atoms with Crippen LogP contribution in [0.2, 0.25) is 0 Å². The van der Waals surface area contributed by atoms with Crippen LogP contribution in [0.5, 0.6) is 0 Å². The minimum absolute atomic E-state index is 0.0279. The molecule has 10 rings (SSSR count). The molecule has 1 spiro atoms. The number of likely N-dealkylation sites (tertiary alicyclic amines) is 1. The number of nitrogens with one attached hydrogen (secondary N) is 4. The zero-order valence-electron chi connectivity index (χ0n) is 37.4. The summed E-state index contributed by atoms with van der Waals surface area (Å²) in [6, 6.07) is 19.5. The van der Waals surface area contributed by atoms with Crippen LogP contribution in [-0.4, -0.2) is 105 Å². The van der Waals surface area contributed by atoms with Gasteiger partial charge in [0.05, 0.1) is 44.0 Å². The molecule has 2 saturated heterocycles. The van der Waals surface area contributed by atoms with E-state index in [-0.39, 0.29) is 47.1 Å². The van der Waals surface area contributed by atoms with Gasteiger partial charge in [-0.25, -0.2) is 24.4 Å². The molecule has 2 bridgehead atoms. The summed E-state index contributed by atoms with van der Waals surface area (Å²) in [4.78, 5) is 71.6. The number of imidazole rings is 2. The van der Waals surface area contributed by atoms with E-state index in [1.807, 2.05) is 35.7 Å². The number of H-pyrrole nitrogens is 2. The number of hydrogen-bond donors (Lipinski definition) is 4. The molecular weight excluding hydrogens is 825 g/mol. The monoisotopic (exact) mass is 881 g/mol. The van der Waals surface area contributed by atoms with Crippen molar-refractivity contribution in [2.75, 3.05) is 34.0 Å². The molecule has 65 heavy (non-hydrogen) atoms. The van der Waals surface area contributed by atoms with Crippen LogP contribution in [0.3, 0.4) is 0 Å². The maximum atomic E-state index is 14.3. The van der Waals surface area contributed by atoms with E-state index in [0.717, 1.165) is 100 Å². The fourth-order valence-electron chi connectivity index (χ4n) is 10.8. The Labute approximate surface area is 377 Å². The summed E-state index contributed by atoms with van der Waals surface area (Å²) in [7, 11) is 2.63. The highest BCUT2D eigenvalue weighted by atomic mass is 16.5. The predicted molar refractivity (Wildman–Crippen MR) is 243 cm³/mol. The van der Waals surface area contributed by atoms with Crippen LogP contribution >= 0.6 is 0 Å². The van der Waals surface area contributed by atoms with E-state index < -0.39 is 24.3 Å². The standard InChI is InChI=1S/C50H56N8O7/c1-28(2)41(55-48(61)63-3)47(60)58-37-14-13-36(23-37)43(58)45-52-25-38(54-45)30-7-5-29(6-8-30)32-9-10-34-22-35(12-11-33(34)21-32)39-26-51-44(53-39)40-24-50(17-18-50)27-57(40)46(59)42(56-49(62)64-4)31-15-19-65-20-16-31/h5-12,21-22,25-26,28,31,36,40-43H,13-20,23-24,27H2,1-4H3,(H3-,51,52,53,54,55,56,61,62)/p+1. The molecule has 4 N–H and O–H groups in total. The molecule has 338 valence electrons. The minimum Gasteiger partial charge on any atom is -0.453 e. The van der Waals surface area contributed by atoms with Gasteiger partial charge in [0, 0.05) is 44.1 Å². The van der Waals surface area contributed by atoms with Gasteiger partial charge in [-0.15, -0.1) is 0 Å². The Hall–Kier alpha value is -6.35. The Morgan fingerprint density at radius 2 is 1.42 bits per heavy atom. The quantitative estimate of drug-likeness (QED) is 0.0966. The third-order valence-corrected chi connectivity index (χ3v) is 14.7. The van der Waals surface area contributed by atoms with Crippen LogP contribution in [0, 0.1) is 23.2 Å². The molecule has 0 radical (unpaired) electrons. The second-order valence-corrected chi connectivity index (χ2v) is 19.0. The number of aromatic amines is 2. The Bertz CT molecular complexity index is 2680. The molecule has 5 atom stereocenters. The van der Waals surface area contributed by atoms with E-state index in [1.165, 1.54) is 14.2 Å². The number of carbonyl (C=O) groups excluding carboxylic acids is 4. The van der Waals surface area contributed by atoms with Gasteiger partial charge < -0.3 is 39.7 Å². The van der Waals surface area contributed by atoms with E-state index in [2.05, 4.69) is 81.3 Å². The second kappa shape index (κ2) is 17.2. The summed E-state index contributed by atoms with van der Waals surface area (Å²) in [5.74, 6) is 1.44. The molecule has 4 amide bonds. The molecule has 3 aromatic carbocycles. The van der Waals surface area contributed by atoms with Crippen LogP contribution in [0.15, 0.2) is 73.1 Å². The Morgan fingerprint density at radius 1 is 0.800 bits per heavy atom. The van der Waals surface area contributed by atoms with Crippen molar-refractivity contribution in [1.29, 1.82) is 0 Å². The van der Waals surface area contributed by atoms with Gasteiger partial charge >= 0.3 is 18.1 Å². The lowest BCUT2D eigenvalue weighted by atomic mass is 9.90. The summed E-state index contributed by atoms with van der Waals surface area (Å²) < 4.78 is 17.2. The summed E-state index contributed by atoms with van der Waals surface area (Å²) in [6.07, 6.45) is 9.61. The second-order valence-electron chi connectivity index (χ2n) is 19.0. The van der Waals surface area contributed by atoms with Crippen LogP contribution in [-0.2, 0) is 23.8 Å². The number of amides is 4. The third-order valence-electron chi connectivity index (χ3n) is 14.7.